The van der Waals surface area contributed by atoms with Gasteiger partial charge in [-0.25, -0.2) is 9.59 Å². The number of Topliss-reactive ketones (excluding diaryl/α,β-unsaturated/α-hetero) is 1. The second-order valence-corrected chi connectivity index (χ2v) is 3.74. The second-order valence-electron chi connectivity index (χ2n) is 3.74. The van der Waals surface area contributed by atoms with Crippen molar-refractivity contribution < 1.29 is 29.0 Å². The van der Waals surface area contributed by atoms with Crippen LogP contribution in [0.3, 0.4) is 0 Å². The molecule has 0 aliphatic rings. The molecule has 1 rings (SSSR count). The summed E-state index contributed by atoms with van der Waals surface area (Å²) in [7, 11) is 2.92. The van der Waals surface area contributed by atoms with Crippen molar-refractivity contribution in [1.29, 1.82) is 0 Å². The van der Waals surface area contributed by atoms with Crippen molar-refractivity contribution in [2.24, 2.45) is 7.05 Å². The van der Waals surface area contributed by atoms with Crippen LogP contribution < -0.4 is 0 Å². The Labute approximate surface area is 109 Å². The molecule has 0 fully saturated rings. The van der Waals surface area contributed by atoms with Gasteiger partial charge in [0, 0.05) is 14.2 Å². The maximum atomic E-state index is 11.7. The van der Waals surface area contributed by atoms with Crippen molar-refractivity contribution in [2.75, 3.05) is 13.7 Å². The second kappa shape index (κ2) is 6.14. The zero-order chi connectivity index (χ0) is 14.6. The first kappa shape index (κ1) is 14.9. The Hall–Kier alpha value is -2.15. The summed E-state index contributed by atoms with van der Waals surface area (Å²) in [5.74, 6) is -3.29. The van der Waals surface area contributed by atoms with E-state index in [2.05, 4.69) is 0 Å². The van der Waals surface area contributed by atoms with Gasteiger partial charge in [-0.3, -0.25) is 4.79 Å². The lowest BCUT2D eigenvalue weighted by molar-refractivity contribution is -0.131. The highest BCUT2D eigenvalue weighted by atomic mass is 16.5. The number of aromatic nitrogens is 1. The maximum Gasteiger partial charge on any atom is 0.378 e. The van der Waals surface area contributed by atoms with Crippen LogP contribution in [0.5, 0.6) is 0 Å². The molecule has 1 heterocycles. The molecule has 1 aromatic heterocycles. The minimum atomic E-state index is -1.58. The van der Waals surface area contributed by atoms with Gasteiger partial charge in [0.05, 0.1) is 30.2 Å². The molecule has 1 aromatic rings. The fourth-order valence-corrected chi connectivity index (χ4v) is 1.67. The predicted molar refractivity (Wildman–Crippen MR) is 64.0 cm³/mol. The summed E-state index contributed by atoms with van der Waals surface area (Å²) in [6.07, 6.45) is 0. The number of carboxylic acids is 1. The Kier molecular flexibility index (Phi) is 4.82. The summed E-state index contributed by atoms with van der Waals surface area (Å²) >= 11 is 0. The molecule has 0 amide bonds. The average molecular weight is 269 g/mol. The van der Waals surface area contributed by atoms with Gasteiger partial charge in [-0.15, -0.1) is 0 Å². The molecule has 1 N–H and O–H groups in total. The van der Waals surface area contributed by atoms with Gasteiger partial charge in [0.2, 0.25) is 0 Å². The van der Waals surface area contributed by atoms with Crippen LogP contribution in [0.1, 0.15) is 33.5 Å². The molecule has 19 heavy (non-hydrogen) atoms. The molecule has 0 saturated carbocycles. The SMILES string of the molecule is CCOC(=O)c1cc(C(=O)C(=O)O)n(C)c1COC. The third-order valence-corrected chi connectivity index (χ3v) is 2.56. The van der Waals surface area contributed by atoms with Crippen LogP contribution in [0.2, 0.25) is 0 Å². The Balaban J connectivity index is 3.30. The standard InChI is InChI=1S/C12H15NO6/c1-4-19-12(17)7-5-8(10(14)11(15)16)13(2)9(7)6-18-3/h5H,4,6H2,1-3H3,(H,15,16). The van der Waals surface area contributed by atoms with Crippen molar-refractivity contribution in [3.63, 3.8) is 0 Å². The van der Waals surface area contributed by atoms with Crippen molar-refractivity contribution in [2.45, 2.75) is 13.5 Å². The first-order valence-electron chi connectivity index (χ1n) is 5.56. The molecular weight excluding hydrogens is 254 g/mol. The Morgan fingerprint density at radius 1 is 1.37 bits per heavy atom. The smallest absolute Gasteiger partial charge is 0.378 e. The van der Waals surface area contributed by atoms with E-state index in [9.17, 15) is 14.4 Å². The summed E-state index contributed by atoms with van der Waals surface area (Å²) in [4.78, 5) is 34.0. The summed E-state index contributed by atoms with van der Waals surface area (Å²) in [5.41, 5.74) is 0.434. The number of ketones is 1. The number of hydrogen-bond donors (Lipinski definition) is 1. The van der Waals surface area contributed by atoms with E-state index in [4.69, 9.17) is 14.6 Å². The van der Waals surface area contributed by atoms with E-state index in [1.165, 1.54) is 24.8 Å². The minimum absolute atomic E-state index is 0.0670. The molecule has 0 spiro atoms. The van der Waals surface area contributed by atoms with Gasteiger partial charge in [0.15, 0.2) is 0 Å². The number of carboxylic acid groups (broad SMARTS) is 1. The van der Waals surface area contributed by atoms with E-state index in [0.29, 0.717) is 5.69 Å². The van der Waals surface area contributed by atoms with Crippen LogP contribution in [0.15, 0.2) is 6.07 Å². The lowest BCUT2D eigenvalue weighted by Crippen LogP contribution is -2.17. The van der Waals surface area contributed by atoms with E-state index in [0.717, 1.165) is 0 Å². The minimum Gasteiger partial charge on any atom is -0.475 e. The maximum absolute atomic E-state index is 11.7. The summed E-state index contributed by atoms with van der Waals surface area (Å²) in [6.45, 7) is 1.90. The van der Waals surface area contributed by atoms with Gasteiger partial charge in [0.1, 0.15) is 0 Å². The normalized spacial score (nSPS) is 10.3. The lowest BCUT2D eigenvalue weighted by Gasteiger charge is -2.07. The molecule has 0 aliphatic carbocycles. The molecule has 0 saturated heterocycles. The number of hydrogen-bond acceptors (Lipinski definition) is 5. The number of aliphatic carboxylic acids is 1. The van der Waals surface area contributed by atoms with Crippen LogP contribution in [-0.4, -0.2) is 41.1 Å². The van der Waals surface area contributed by atoms with Gasteiger partial charge < -0.3 is 19.1 Å². The van der Waals surface area contributed by atoms with Crippen molar-refractivity contribution >= 4 is 17.7 Å². The largest absolute Gasteiger partial charge is 0.475 e. The Bertz CT molecular complexity index is 517. The van der Waals surface area contributed by atoms with Crippen molar-refractivity contribution in [1.82, 2.24) is 4.57 Å². The van der Waals surface area contributed by atoms with Crippen molar-refractivity contribution in [3.8, 4) is 0 Å². The molecule has 7 nitrogen and oxygen atoms in total. The van der Waals surface area contributed by atoms with Crippen LogP contribution in [-0.2, 0) is 27.9 Å². The van der Waals surface area contributed by atoms with Gasteiger partial charge in [0.25, 0.3) is 5.78 Å². The van der Waals surface area contributed by atoms with E-state index < -0.39 is 17.7 Å². The number of rotatable bonds is 6. The van der Waals surface area contributed by atoms with Crippen molar-refractivity contribution in [3.05, 3.63) is 23.0 Å². The number of carbonyl (C=O) groups excluding carboxylic acids is 2. The van der Waals surface area contributed by atoms with Crippen LogP contribution in [0, 0.1) is 0 Å². The zero-order valence-electron chi connectivity index (χ0n) is 10.9. The first-order chi connectivity index (χ1) is 8.93. The van der Waals surface area contributed by atoms with E-state index in [1.807, 2.05) is 0 Å². The predicted octanol–water partition coefficient (Wildman–Crippen LogP) is 0.615. The lowest BCUT2D eigenvalue weighted by atomic mass is 10.2. The van der Waals surface area contributed by atoms with Gasteiger partial charge in [-0.1, -0.05) is 0 Å². The molecule has 0 radical (unpaired) electrons. The van der Waals surface area contributed by atoms with Gasteiger partial charge >= 0.3 is 11.9 Å². The highest BCUT2D eigenvalue weighted by Gasteiger charge is 2.25. The third kappa shape index (κ3) is 3.00. The third-order valence-electron chi connectivity index (χ3n) is 2.56. The van der Waals surface area contributed by atoms with E-state index >= 15 is 0 Å². The Morgan fingerprint density at radius 2 is 2.00 bits per heavy atom. The van der Waals surface area contributed by atoms with Crippen LogP contribution in [0.4, 0.5) is 0 Å². The number of nitrogens with zero attached hydrogens (tertiary/aromatic N) is 1. The highest BCUT2D eigenvalue weighted by molar-refractivity contribution is 6.39. The highest BCUT2D eigenvalue weighted by Crippen LogP contribution is 2.18. The Morgan fingerprint density at radius 3 is 2.47 bits per heavy atom. The van der Waals surface area contributed by atoms with Crippen LogP contribution in [0.25, 0.3) is 0 Å². The van der Waals surface area contributed by atoms with E-state index in [-0.39, 0.29) is 24.5 Å². The van der Waals surface area contributed by atoms with Gasteiger partial charge in [-0.05, 0) is 13.0 Å². The molecular formula is C12H15NO6. The molecule has 7 heteroatoms. The quantitative estimate of drug-likeness (QED) is 0.462. The summed E-state index contributed by atoms with van der Waals surface area (Å²) < 4.78 is 11.1. The summed E-state index contributed by atoms with van der Waals surface area (Å²) in [6, 6.07) is 1.21. The monoisotopic (exact) mass is 269 g/mol. The molecule has 0 aromatic carbocycles. The topological polar surface area (TPSA) is 94.8 Å². The zero-order valence-corrected chi connectivity index (χ0v) is 10.9. The fraction of sp³-hybridized carbons (Fsp3) is 0.417. The summed E-state index contributed by atoms with van der Waals surface area (Å²) in [5, 5.41) is 8.72. The first-order valence-corrected chi connectivity index (χ1v) is 5.56. The number of ether oxygens (including phenoxy) is 2. The molecule has 0 bridgehead atoms. The van der Waals surface area contributed by atoms with Crippen LogP contribution >= 0.6 is 0 Å². The number of esters is 1. The number of methoxy groups -OCH3 is 1. The molecule has 104 valence electrons. The van der Waals surface area contributed by atoms with Gasteiger partial charge in [-0.2, -0.15) is 0 Å². The number of carbonyl (C=O) groups is 3. The van der Waals surface area contributed by atoms with E-state index in [1.54, 1.807) is 6.92 Å². The fourth-order valence-electron chi connectivity index (χ4n) is 1.67. The molecule has 0 atom stereocenters. The molecule has 0 unspecified atom stereocenters. The molecule has 0 aliphatic heterocycles. The average Bonchev–Trinajstić information content (AvgIpc) is 2.67.